The molecule has 2 nitrogen and oxygen atoms in total. The molecule has 74 valence electrons. The lowest BCUT2D eigenvalue weighted by atomic mass is 10.2. The van der Waals surface area contributed by atoms with Crippen molar-refractivity contribution >= 4 is 17.9 Å². The van der Waals surface area contributed by atoms with E-state index in [9.17, 15) is 9.18 Å². The Morgan fingerprint density at radius 1 is 1.54 bits per heavy atom. The fourth-order valence-electron chi connectivity index (χ4n) is 1.43. The summed E-state index contributed by atoms with van der Waals surface area (Å²) in [5.74, 6) is 0.558. The van der Waals surface area contributed by atoms with Crippen LogP contribution in [-0.2, 0) is 4.79 Å². The Morgan fingerprint density at radius 3 is 2.92 bits per heavy atom. The van der Waals surface area contributed by atoms with Crippen molar-refractivity contribution in [3.8, 4) is 0 Å². The molecule has 2 rings (SSSR count). The van der Waals surface area contributed by atoms with Gasteiger partial charge in [-0.1, -0.05) is 0 Å². The molecule has 0 saturated heterocycles. The summed E-state index contributed by atoms with van der Waals surface area (Å²) in [6, 6.07) is 0. The average molecular weight is 203 g/mol. The van der Waals surface area contributed by atoms with Gasteiger partial charge in [0.05, 0.1) is 6.67 Å². The van der Waals surface area contributed by atoms with Gasteiger partial charge in [0.1, 0.15) is 0 Å². The molecule has 0 radical (unpaired) electrons. The topological polar surface area (TPSA) is 29.1 Å². The van der Waals surface area contributed by atoms with Gasteiger partial charge in [-0.2, -0.15) is 0 Å². The third-order valence-electron chi connectivity index (χ3n) is 2.59. The molecule has 2 aliphatic carbocycles. The molecule has 4 heteroatoms. The molecule has 2 unspecified atom stereocenters. The number of amides is 1. The monoisotopic (exact) mass is 203 g/mol. The molecule has 0 aliphatic heterocycles. The predicted octanol–water partition coefficient (Wildman–Crippen LogP) is 1.91. The van der Waals surface area contributed by atoms with Crippen LogP contribution < -0.4 is 4.72 Å². The summed E-state index contributed by atoms with van der Waals surface area (Å²) in [5, 5.41) is 0.655. The zero-order valence-electron chi connectivity index (χ0n) is 7.46. The van der Waals surface area contributed by atoms with Crippen LogP contribution in [0.15, 0.2) is 0 Å². The minimum Gasteiger partial charge on any atom is -0.300 e. The number of nitrogens with one attached hydrogen (secondary N) is 1. The summed E-state index contributed by atoms with van der Waals surface area (Å²) >= 11 is 1.55. The van der Waals surface area contributed by atoms with Crippen LogP contribution in [0.3, 0.4) is 0 Å². The zero-order chi connectivity index (χ0) is 9.26. The SMILES string of the molecule is O=C(NSC1CC1)C1CC1CCF. The molecule has 1 N–H and O–H groups in total. The zero-order valence-corrected chi connectivity index (χ0v) is 8.28. The van der Waals surface area contributed by atoms with Gasteiger partial charge in [-0.05, 0) is 43.5 Å². The quantitative estimate of drug-likeness (QED) is 0.691. The van der Waals surface area contributed by atoms with Gasteiger partial charge >= 0.3 is 0 Å². The fourth-order valence-corrected chi connectivity index (χ4v) is 2.24. The van der Waals surface area contributed by atoms with Crippen LogP contribution in [0.2, 0.25) is 0 Å². The van der Waals surface area contributed by atoms with Crippen LogP contribution in [0.25, 0.3) is 0 Å². The van der Waals surface area contributed by atoms with Crippen molar-refractivity contribution in [1.29, 1.82) is 0 Å². The summed E-state index contributed by atoms with van der Waals surface area (Å²) in [5.41, 5.74) is 0. The number of rotatable bonds is 5. The van der Waals surface area contributed by atoms with Crippen LogP contribution in [0, 0.1) is 11.8 Å². The molecule has 0 bridgehead atoms. The molecule has 2 atom stereocenters. The van der Waals surface area contributed by atoms with Crippen molar-refractivity contribution < 1.29 is 9.18 Å². The first-order valence-corrected chi connectivity index (χ1v) is 5.70. The van der Waals surface area contributed by atoms with E-state index in [0.717, 1.165) is 6.42 Å². The van der Waals surface area contributed by atoms with E-state index in [4.69, 9.17) is 0 Å². The highest BCUT2D eigenvalue weighted by molar-refractivity contribution is 7.98. The van der Waals surface area contributed by atoms with Gasteiger partial charge in [0.25, 0.3) is 0 Å². The lowest BCUT2D eigenvalue weighted by molar-refractivity contribution is -0.120. The molecular weight excluding hydrogens is 189 g/mol. The van der Waals surface area contributed by atoms with Crippen molar-refractivity contribution in [2.75, 3.05) is 6.67 Å². The van der Waals surface area contributed by atoms with E-state index in [2.05, 4.69) is 4.72 Å². The highest BCUT2D eigenvalue weighted by Gasteiger charge is 2.42. The third-order valence-corrected chi connectivity index (χ3v) is 3.71. The van der Waals surface area contributed by atoms with Crippen LogP contribution >= 0.6 is 11.9 Å². The summed E-state index contributed by atoms with van der Waals surface area (Å²) < 4.78 is 14.8. The maximum Gasteiger partial charge on any atom is 0.233 e. The van der Waals surface area contributed by atoms with Crippen molar-refractivity contribution in [3.63, 3.8) is 0 Å². The van der Waals surface area contributed by atoms with Crippen LogP contribution in [0.5, 0.6) is 0 Å². The third kappa shape index (κ3) is 2.59. The Labute approximate surface area is 81.8 Å². The van der Waals surface area contributed by atoms with Gasteiger partial charge < -0.3 is 0 Å². The highest BCUT2D eigenvalue weighted by atomic mass is 32.2. The lowest BCUT2D eigenvalue weighted by Crippen LogP contribution is -2.19. The minimum atomic E-state index is -0.287. The molecule has 2 saturated carbocycles. The summed E-state index contributed by atoms with van der Waals surface area (Å²) in [6.45, 7) is -0.287. The molecule has 0 aromatic rings. The maximum absolute atomic E-state index is 11.9. The van der Waals surface area contributed by atoms with Gasteiger partial charge in [0.15, 0.2) is 0 Å². The van der Waals surface area contributed by atoms with Crippen LogP contribution in [-0.4, -0.2) is 17.8 Å². The van der Waals surface area contributed by atoms with E-state index >= 15 is 0 Å². The Balaban J connectivity index is 1.61. The lowest BCUT2D eigenvalue weighted by Gasteiger charge is -2.01. The number of carbonyl (C=O) groups is 1. The van der Waals surface area contributed by atoms with Gasteiger partial charge in [-0.3, -0.25) is 13.9 Å². The van der Waals surface area contributed by atoms with E-state index in [1.807, 2.05) is 0 Å². The van der Waals surface area contributed by atoms with Gasteiger partial charge in [0.2, 0.25) is 5.91 Å². The van der Waals surface area contributed by atoms with E-state index in [-0.39, 0.29) is 18.5 Å². The summed E-state index contributed by atoms with van der Waals surface area (Å²) in [7, 11) is 0. The second kappa shape index (κ2) is 3.86. The number of hydrogen-bond donors (Lipinski definition) is 1. The second-order valence-corrected chi connectivity index (χ2v) is 4.97. The molecule has 13 heavy (non-hydrogen) atoms. The second-order valence-electron chi connectivity index (χ2n) is 3.86. The van der Waals surface area contributed by atoms with E-state index in [1.54, 1.807) is 11.9 Å². The van der Waals surface area contributed by atoms with E-state index in [1.165, 1.54) is 12.8 Å². The fraction of sp³-hybridized carbons (Fsp3) is 0.889. The molecule has 0 aromatic carbocycles. The smallest absolute Gasteiger partial charge is 0.233 e. The van der Waals surface area contributed by atoms with Gasteiger partial charge in [-0.15, -0.1) is 0 Å². The van der Waals surface area contributed by atoms with Gasteiger partial charge in [-0.25, -0.2) is 0 Å². The van der Waals surface area contributed by atoms with Crippen LogP contribution in [0.4, 0.5) is 4.39 Å². The molecule has 2 fully saturated rings. The normalized spacial score (nSPS) is 31.5. The number of halogens is 1. The Hall–Kier alpha value is -0.250. The van der Waals surface area contributed by atoms with Crippen molar-refractivity contribution in [1.82, 2.24) is 4.72 Å². The van der Waals surface area contributed by atoms with E-state index in [0.29, 0.717) is 17.6 Å². The first-order chi connectivity index (χ1) is 6.31. The standard InChI is InChI=1S/C9H14FNOS/c10-4-3-6-5-8(6)9(12)11-13-7-1-2-7/h6-8H,1-5H2,(H,11,12). The van der Waals surface area contributed by atoms with Crippen LogP contribution in [0.1, 0.15) is 25.7 Å². The maximum atomic E-state index is 11.9. The summed E-state index contributed by atoms with van der Waals surface area (Å²) in [4.78, 5) is 11.4. The number of carbonyl (C=O) groups excluding carboxylic acids is 1. The first-order valence-electron chi connectivity index (χ1n) is 4.82. The Bertz CT molecular complexity index is 208. The highest BCUT2D eigenvalue weighted by Crippen LogP contribution is 2.42. The molecule has 0 aromatic heterocycles. The summed E-state index contributed by atoms with van der Waals surface area (Å²) in [6.07, 6.45) is 3.90. The van der Waals surface area contributed by atoms with Gasteiger partial charge in [0, 0.05) is 11.2 Å². The Kier molecular flexibility index (Phi) is 2.77. The van der Waals surface area contributed by atoms with E-state index < -0.39 is 0 Å². The van der Waals surface area contributed by atoms with Crippen molar-refractivity contribution in [3.05, 3.63) is 0 Å². The molecule has 0 heterocycles. The molecular formula is C9H14FNOS. The van der Waals surface area contributed by atoms with Crippen molar-refractivity contribution in [2.45, 2.75) is 30.9 Å². The molecule has 2 aliphatic rings. The molecule has 0 spiro atoms. The predicted molar refractivity (Wildman–Crippen MR) is 50.9 cm³/mol. The first kappa shape index (κ1) is 9.31. The number of hydrogen-bond acceptors (Lipinski definition) is 2. The average Bonchev–Trinajstić information content (AvgIpc) is 2.96. The largest absolute Gasteiger partial charge is 0.300 e. The Morgan fingerprint density at radius 2 is 2.31 bits per heavy atom. The molecule has 1 amide bonds. The number of alkyl halides is 1. The minimum absolute atomic E-state index is 0.113. The van der Waals surface area contributed by atoms with Crippen molar-refractivity contribution in [2.24, 2.45) is 11.8 Å².